The third-order valence-corrected chi connectivity index (χ3v) is 4.34. The van der Waals surface area contributed by atoms with E-state index < -0.39 is 0 Å². The molecule has 0 spiro atoms. The summed E-state index contributed by atoms with van der Waals surface area (Å²) in [4.78, 5) is 14.2. The van der Waals surface area contributed by atoms with Crippen molar-refractivity contribution in [2.45, 2.75) is 27.2 Å². The van der Waals surface area contributed by atoms with Crippen molar-refractivity contribution in [1.82, 2.24) is 4.90 Å². The number of carbonyl (C=O) groups is 1. The molecule has 6 heteroatoms. The van der Waals surface area contributed by atoms with Gasteiger partial charge >= 0.3 is 0 Å². The van der Waals surface area contributed by atoms with Gasteiger partial charge in [-0.1, -0.05) is 13.8 Å². The molecule has 1 rings (SSSR count). The van der Waals surface area contributed by atoms with Gasteiger partial charge in [-0.2, -0.15) is 5.26 Å². The Morgan fingerprint density at radius 2 is 2.15 bits per heavy atom. The van der Waals surface area contributed by atoms with Crippen LogP contribution in [-0.2, 0) is 0 Å². The smallest absolute Gasteiger partial charge is 0.171 e. The predicted octanol–water partition coefficient (Wildman–Crippen LogP) is 2.55. The number of hydrogen-bond acceptors (Lipinski definition) is 6. The number of nitrogens with zero attached hydrogens (tertiary/aromatic N) is 2. The summed E-state index contributed by atoms with van der Waals surface area (Å²) in [5.74, 6) is -0.0989. The van der Waals surface area contributed by atoms with E-state index in [4.69, 9.17) is 11.0 Å². The summed E-state index contributed by atoms with van der Waals surface area (Å²) in [6.45, 7) is 9.46. The molecular weight excluding hydrogens is 272 g/mol. The molecule has 20 heavy (non-hydrogen) atoms. The molecule has 0 unspecified atom stereocenters. The zero-order valence-corrected chi connectivity index (χ0v) is 13.1. The van der Waals surface area contributed by atoms with Crippen LogP contribution in [0.15, 0.2) is 0 Å². The van der Waals surface area contributed by atoms with E-state index in [0.717, 1.165) is 32.6 Å². The Balaban J connectivity index is 2.71. The van der Waals surface area contributed by atoms with E-state index in [1.165, 1.54) is 18.3 Å². The molecule has 0 radical (unpaired) electrons. The maximum Gasteiger partial charge on any atom is 0.171 e. The number of ketones is 1. The van der Waals surface area contributed by atoms with Crippen molar-refractivity contribution < 1.29 is 4.79 Å². The summed E-state index contributed by atoms with van der Waals surface area (Å²) < 4.78 is 0. The van der Waals surface area contributed by atoms with Gasteiger partial charge in [0.05, 0.1) is 10.6 Å². The highest BCUT2D eigenvalue weighted by Gasteiger charge is 2.18. The van der Waals surface area contributed by atoms with E-state index in [2.05, 4.69) is 30.1 Å². The zero-order chi connectivity index (χ0) is 15.1. The van der Waals surface area contributed by atoms with Gasteiger partial charge in [-0.15, -0.1) is 11.3 Å². The van der Waals surface area contributed by atoms with Crippen LogP contribution in [0.25, 0.3) is 0 Å². The molecule has 0 saturated carbocycles. The van der Waals surface area contributed by atoms with Crippen LogP contribution in [0.4, 0.5) is 10.7 Å². The Hall–Kier alpha value is -1.58. The minimum absolute atomic E-state index is 0.0989. The monoisotopic (exact) mass is 294 g/mol. The second kappa shape index (κ2) is 7.88. The number of nitriles is 1. The van der Waals surface area contributed by atoms with E-state index in [1.54, 1.807) is 0 Å². The summed E-state index contributed by atoms with van der Waals surface area (Å²) in [7, 11) is 0. The third kappa shape index (κ3) is 3.95. The average molecular weight is 294 g/mol. The quantitative estimate of drug-likeness (QED) is 0.720. The number of thiophene rings is 1. The Morgan fingerprint density at radius 3 is 2.65 bits per heavy atom. The molecule has 0 aliphatic rings. The first-order valence-electron chi connectivity index (χ1n) is 6.84. The highest BCUT2D eigenvalue weighted by Crippen LogP contribution is 2.35. The molecule has 5 nitrogen and oxygen atoms in total. The lowest BCUT2D eigenvalue weighted by atomic mass is 10.2. The van der Waals surface area contributed by atoms with Gasteiger partial charge < -0.3 is 16.0 Å². The topological polar surface area (TPSA) is 82.2 Å². The molecule has 1 aromatic rings. The van der Waals surface area contributed by atoms with Crippen molar-refractivity contribution in [2.75, 3.05) is 37.2 Å². The zero-order valence-electron chi connectivity index (χ0n) is 12.3. The molecule has 0 amide bonds. The molecule has 1 aromatic heterocycles. The molecule has 0 aliphatic carbocycles. The molecule has 110 valence electrons. The first-order chi connectivity index (χ1) is 9.54. The number of hydrogen-bond donors (Lipinski definition) is 2. The summed E-state index contributed by atoms with van der Waals surface area (Å²) in [6, 6.07) is 2.07. The minimum atomic E-state index is -0.0989. The van der Waals surface area contributed by atoms with Crippen LogP contribution in [0.3, 0.4) is 0 Å². The van der Waals surface area contributed by atoms with Gasteiger partial charge in [-0.3, -0.25) is 4.79 Å². The maximum atomic E-state index is 11.4. The average Bonchev–Trinajstić information content (AvgIpc) is 2.74. The molecule has 1 heterocycles. The fourth-order valence-corrected chi connectivity index (χ4v) is 3.00. The third-order valence-electron chi connectivity index (χ3n) is 3.08. The second-order valence-corrected chi connectivity index (χ2v) is 5.60. The van der Waals surface area contributed by atoms with Gasteiger partial charge in [0.1, 0.15) is 16.6 Å². The highest BCUT2D eigenvalue weighted by molar-refractivity contribution is 7.18. The van der Waals surface area contributed by atoms with Crippen LogP contribution in [-0.4, -0.2) is 36.9 Å². The number of nitrogen functional groups attached to an aromatic ring is 1. The van der Waals surface area contributed by atoms with E-state index in [-0.39, 0.29) is 5.78 Å². The van der Waals surface area contributed by atoms with Gasteiger partial charge in [-0.25, -0.2) is 0 Å². The largest absolute Gasteiger partial charge is 0.396 e. The van der Waals surface area contributed by atoms with Crippen molar-refractivity contribution in [2.24, 2.45) is 0 Å². The molecule has 0 bridgehead atoms. The molecule has 0 atom stereocenters. The fourth-order valence-electron chi connectivity index (χ4n) is 2.01. The summed E-state index contributed by atoms with van der Waals surface area (Å²) in [5.41, 5.74) is 6.52. The normalized spacial score (nSPS) is 10.6. The molecule has 0 saturated heterocycles. The summed E-state index contributed by atoms with van der Waals surface area (Å²) in [6.07, 6.45) is 1.12. The van der Waals surface area contributed by atoms with Crippen molar-refractivity contribution in [3.8, 4) is 6.07 Å². The first-order valence-corrected chi connectivity index (χ1v) is 7.66. The minimum Gasteiger partial charge on any atom is -0.396 e. The Kier molecular flexibility index (Phi) is 6.49. The molecular formula is C14H22N4OS. The number of carbonyl (C=O) groups excluding carboxylic acids is 1. The van der Waals surface area contributed by atoms with Crippen molar-refractivity contribution in [3.63, 3.8) is 0 Å². The summed E-state index contributed by atoms with van der Waals surface area (Å²) in [5, 5.41) is 13.1. The van der Waals surface area contributed by atoms with Gasteiger partial charge in [0.15, 0.2) is 5.78 Å². The summed E-state index contributed by atoms with van der Waals surface area (Å²) >= 11 is 1.26. The molecule has 3 N–H and O–H groups in total. The van der Waals surface area contributed by atoms with Crippen LogP contribution in [0.2, 0.25) is 0 Å². The first kappa shape index (κ1) is 16.5. The number of nitrogens with two attached hydrogens (primary N) is 1. The Morgan fingerprint density at radius 1 is 1.45 bits per heavy atom. The lowest BCUT2D eigenvalue weighted by Gasteiger charge is -2.19. The van der Waals surface area contributed by atoms with Crippen LogP contribution >= 0.6 is 11.3 Å². The van der Waals surface area contributed by atoms with E-state index >= 15 is 0 Å². The van der Waals surface area contributed by atoms with Crippen LogP contribution in [0, 0.1) is 11.3 Å². The molecule has 0 aliphatic heterocycles. The van der Waals surface area contributed by atoms with Crippen molar-refractivity contribution in [1.29, 1.82) is 5.26 Å². The lowest BCUT2D eigenvalue weighted by Crippen LogP contribution is -2.29. The SMILES string of the molecule is CCCN(CC)CCNc1sc(C(C)=O)c(N)c1C#N. The van der Waals surface area contributed by atoms with Crippen LogP contribution in [0.1, 0.15) is 42.4 Å². The number of anilines is 2. The van der Waals surface area contributed by atoms with E-state index in [9.17, 15) is 4.79 Å². The van der Waals surface area contributed by atoms with Crippen molar-refractivity contribution in [3.05, 3.63) is 10.4 Å². The molecule has 0 aromatic carbocycles. The second-order valence-electron chi connectivity index (χ2n) is 4.58. The van der Waals surface area contributed by atoms with Crippen molar-refractivity contribution >= 4 is 27.8 Å². The van der Waals surface area contributed by atoms with Gasteiger partial charge in [0, 0.05) is 20.0 Å². The van der Waals surface area contributed by atoms with Gasteiger partial charge in [0.2, 0.25) is 0 Å². The van der Waals surface area contributed by atoms with E-state index in [0.29, 0.717) is 21.1 Å². The standard InChI is InChI=1S/C14H22N4OS/c1-4-7-18(5-2)8-6-17-14-11(9-15)12(16)13(20-14)10(3)19/h17H,4-8,16H2,1-3H3. The Bertz CT molecular complexity index is 504. The lowest BCUT2D eigenvalue weighted by molar-refractivity contribution is 0.102. The number of rotatable bonds is 8. The highest BCUT2D eigenvalue weighted by atomic mass is 32.1. The van der Waals surface area contributed by atoms with Gasteiger partial charge in [-0.05, 0) is 19.5 Å². The predicted molar refractivity (Wildman–Crippen MR) is 84.3 cm³/mol. The maximum absolute atomic E-state index is 11.4. The van der Waals surface area contributed by atoms with Crippen LogP contribution in [0.5, 0.6) is 0 Å². The number of Topliss-reactive ketones (excluding diaryl/α,β-unsaturated/α-hetero) is 1. The number of likely N-dealkylation sites (N-methyl/N-ethyl adjacent to an activating group) is 1. The Labute approximate surface area is 124 Å². The number of nitrogens with one attached hydrogen (secondary N) is 1. The van der Waals surface area contributed by atoms with Crippen LogP contribution < -0.4 is 11.1 Å². The van der Waals surface area contributed by atoms with Gasteiger partial charge in [0.25, 0.3) is 0 Å². The fraction of sp³-hybridized carbons (Fsp3) is 0.571. The van der Waals surface area contributed by atoms with E-state index in [1.807, 2.05) is 0 Å². The molecule has 0 fully saturated rings.